The summed E-state index contributed by atoms with van der Waals surface area (Å²) < 4.78 is 0. The molecule has 0 bridgehead atoms. The van der Waals surface area contributed by atoms with E-state index in [0.29, 0.717) is 0 Å². The Kier molecular flexibility index (Phi) is 3.19. The van der Waals surface area contributed by atoms with Crippen LogP contribution in [0, 0.1) is 0 Å². The number of hydrogen-bond donors (Lipinski definition) is 1. The van der Waals surface area contributed by atoms with Crippen molar-refractivity contribution in [1.29, 1.82) is 0 Å². The van der Waals surface area contributed by atoms with Crippen LogP contribution in [0.4, 0.5) is 0 Å². The van der Waals surface area contributed by atoms with Gasteiger partial charge in [-0.25, -0.2) is 0 Å². The van der Waals surface area contributed by atoms with Gasteiger partial charge in [-0.3, -0.25) is 0 Å². The molecule has 0 atom stereocenters. The van der Waals surface area contributed by atoms with E-state index in [4.69, 9.17) is 0 Å². The largest absolute Gasteiger partial charge is 0 e. The molecule has 1 aliphatic heterocycles. The fourth-order valence-corrected chi connectivity index (χ4v) is 0.258. The molecule has 0 aromatic heterocycles. The molecule has 0 amide bonds. The minimum atomic E-state index is 0. The number of nitrogens with one attached hydrogen (secondary N) is 1. The van der Waals surface area contributed by atoms with Crippen LogP contribution in [0.5, 0.6) is 0 Å². The first-order valence-corrected chi connectivity index (χ1v) is 1.73. The molecule has 0 unspecified atom stereocenters. The molecule has 7 heavy (non-hydrogen) atoms. The summed E-state index contributed by atoms with van der Waals surface area (Å²) >= 11 is 0. The SMILES string of the molecule is B1=CC=CON1.[B]. The summed E-state index contributed by atoms with van der Waals surface area (Å²) in [4.78, 5) is 4.55. The smallest absolute Gasteiger partial charge is 0 e. The Bertz CT molecular complexity index is 78.9. The molecule has 1 N–H and O–H groups in total. The van der Waals surface area contributed by atoms with E-state index in [-0.39, 0.29) is 8.41 Å². The van der Waals surface area contributed by atoms with E-state index in [1.54, 1.807) is 19.4 Å². The van der Waals surface area contributed by atoms with Crippen molar-refractivity contribution in [1.82, 2.24) is 5.39 Å². The van der Waals surface area contributed by atoms with E-state index in [2.05, 4.69) is 10.2 Å². The van der Waals surface area contributed by atoms with Gasteiger partial charge in [0.15, 0.2) is 0 Å². The average Bonchev–Trinajstić information content (AvgIpc) is 1.72. The Morgan fingerprint density at radius 1 is 1.57 bits per heavy atom. The molecule has 2 nitrogen and oxygen atoms in total. The minimum absolute atomic E-state index is 0. The molecule has 3 radical (unpaired) electrons. The van der Waals surface area contributed by atoms with Crippen molar-refractivity contribution in [2.24, 2.45) is 0 Å². The molecule has 1 aliphatic rings. The van der Waals surface area contributed by atoms with Gasteiger partial charge in [0.2, 0.25) is 0 Å². The van der Waals surface area contributed by atoms with Crippen LogP contribution < -0.4 is 5.39 Å². The van der Waals surface area contributed by atoms with Crippen molar-refractivity contribution < 1.29 is 4.84 Å². The number of rotatable bonds is 0. The summed E-state index contributed by atoms with van der Waals surface area (Å²) in [7, 11) is 1.71. The third-order valence-corrected chi connectivity index (χ3v) is 0.490. The molecule has 0 aliphatic carbocycles. The molecular formula is C3H4B2NO. The molecule has 4 heteroatoms. The van der Waals surface area contributed by atoms with Gasteiger partial charge >= 0.3 is 35.6 Å². The van der Waals surface area contributed by atoms with E-state index >= 15 is 0 Å². The minimum Gasteiger partial charge on any atom is 0 e. The van der Waals surface area contributed by atoms with Crippen molar-refractivity contribution in [3.63, 3.8) is 0 Å². The van der Waals surface area contributed by atoms with Crippen molar-refractivity contribution in [3.8, 4) is 0 Å². The normalized spacial score (nSPS) is 12.6. The Morgan fingerprint density at radius 2 is 2.43 bits per heavy atom. The van der Waals surface area contributed by atoms with Gasteiger partial charge in [-0.2, -0.15) is 0 Å². The van der Waals surface area contributed by atoms with Gasteiger partial charge in [-0.15, -0.1) is 0 Å². The van der Waals surface area contributed by atoms with Crippen molar-refractivity contribution in [3.05, 3.63) is 12.3 Å². The summed E-state index contributed by atoms with van der Waals surface area (Å²) in [5.41, 5.74) is 0. The standard InChI is InChI=1S/C3H4BNO.B/c1-2-4-5-6-3-1;/h1-3,5H;. The van der Waals surface area contributed by atoms with Gasteiger partial charge in [0, 0.05) is 8.41 Å². The van der Waals surface area contributed by atoms with Crippen LogP contribution in [-0.4, -0.2) is 21.4 Å². The zero-order valence-electron chi connectivity index (χ0n) is 3.79. The van der Waals surface area contributed by atoms with Crippen LogP contribution in [0.15, 0.2) is 12.3 Å². The summed E-state index contributed by atoms with van der Waals surface area (Å²) in [5, 5.41) is 2.52. The van der Waals surface area contributed by atoms with Crippen molar-refractivity contribution in [2.45, 2.75) is 0 Å². The third-order valence-electron chi connectivity index (χ3n) is 0.490. The molecule has 0 saturated carbocycles. The summed E-state index contributed by atoms with van der Waals surface area (Å²) in [6.07, 6.45) is 3.37. The Labute approximate surface area is 45.0 Å². The average molecular weight is 91.7 g/mol. The zero-order chi connectivity index (χ0) is 4.24. The molecule has 0 aromatic rings. The Balaban J connectivity index is 0.000000360. The predicted octanol–water partition coefficient (Wildman–Crippen LogP) is -0.925. The topological polar surface area (TPSA) is 21.3 Å². The Morgan fingerprint density at radius 3 is 2.57 bits per heavy atom. The summed E-state index contributed by atoms with van der Waals surface area (Å²) in [6.45, 7) is 0. The van der Waals surface area contributed by atoms with Crippen LogP contribution in [0.25, 0.3) is 0 Å². The van der Waals surface area contributed by atoms with Crippen LogP contribution in [0.2, 0.25) is 0 Å². The van der Waals surface area contributed by atoms with Gasteiger partial charge < -0.3 is 0 Å². The van der Waals surface area contributed by atoms with Crippen LogP contribution in [0.1, 0.15) is 0 Å². The maximum absolute atomic E-state index is 4.55. The van der Waals surface area contributed by atoms with E-state index < -0.39 is 0 Å². The van der Waals surface area contributed by atoms with Crippen LogP contribution >= 0.6 is 0 Å². The first-order valence-electron chi connectivity index (χ1n) is 1.73. The van der Waals surface area contributed by atoms with Gasteiger partial charge in [-0.1, -0.05) is 0 Å². The Hall–Kier alpha value is -0.660. The summed E-state index contributed by atoms with van der Waals surface area (Å²) in [6, 6.07) is 0. The van der Waals surface area contributed by atoms with Gasteiger partial charge in [0.05, 0.1) is 0 Å². The predicted molar refractivity (Wildman–Crippen MR) is 30.9 cm³/mol. The van der Waals surface area contributed by atoms with Crippen molar-refractivity contribution >= 4 is 21.4 Å². The maximum atomic E-state index is 4.55. The molecule has 1 rings (SSSR count). The fraction of sp³-hybridized carbons (Fsp3) is 0. The molecule has 33 valence electrons. The first kappa shape index (κ1) is 6.34. The molecule has 0 aromatic carbocycles. The molecular weight excluding hydrogens is 87.7 g/mol. The third kappa shape index (κ3) is 2.09. The fourth-order valence-electron chi connectivity index (χ4n) is 0.258. The van der Waals surface area contributed by atoms with E-state index in [9.17, 15) is 0 Å². The summed E-state index contributed by atoms with van der Waals surface area (Å²) in [5.74, 6) is 1.85. The quantitative estimate of drug-likeness (QED) is 0.390. The van der Waals surface area contributed by atoms with E-state index in [1.165, 1.54) is 0 Å². The van der Waals surface area contributed by atoms with E-state index in [0.717, 1.165) is 0 Å². The number of hydrogen-bond acceptors (Lipinski definition) is 2. The second-order valence-corrected chi connectivity index (χ2v) is 0.923. The molecule has 0 fully saturated rings. The molecule has 1 heterocycles. The first-order chi connectivity index (χ1) is 3.00. The van der Waals surface area contributed by atoms with E-state index in [1.807, 2.05) is 5.97 Å². The van der Waals surface area contributed by atoms with Gasteiger partial charge in [-0.05, 0) is 0 Å². The van der Waals surface area contributed by atoms with Gasteiger partial charge in [0.25, 0.3) is 0 Å². The van der Waals surface area contributed by atoms with Crippen LogP contribution in [0.3, 0.4) is 0 Å². The molecule has 0 spiro atoms. The zero-order valence-corrected chi connectivity index (χ0v) is 3.79. The van der Waals surface area contributed by atoms with Crippen molar-refractivity contribution in [2.75, 3.05) is 0 Å². The van der Waals surface area contributed by atoms with Crippen LogP contribution in [-0.2, 0) is 4.84 Å². The molecule has 0 saturated heterocycles. The second-order valence-electron chi connectivity index (χ2n) is 0.923. The maximum Gasteiger partial charge on any atom is 0 e. The monoisotopic (exact) mass is 92.0 g/mol. The number of allylic oxidation sites excluding steroid dienone is 1. The van der Waals surface area contributed by atoms with Gasteiger partial charge in [0.1, 0.15) is 0 Å². The second kappa shape index (κ2) is 3.53.